The SMILES string of the molecule is Cc1c(C(F)(F)F)ncc(N)c1N. The lowest BCUT2D eigenvalue weighted by molar-refractivity contribution is -0.141. The number of alkyl halides is 3. The van der Waals surface area contributed by atoms with Crippen LogP contribution in [0.3, 0.4) is 0 Å². The zero-order valence-corrected chi connectivity index (χ0v) is 6.81. The first kappa shape index (κ1) is 9.63. The standard InChI is InChI=1S/C7H8F3N3/c1-3-5(12)4(11)2-13-6(3)7(8,9)10/h2H,11H2,1H3,(H2,12,13). The molecule has 0 saturated heterocycles. The van der Waals surface area contributed by atoms with Crippen LogP contribution in [-0.2, 0) is 6.18 Å². The van der Waals surface area contributed by atoms with Crippen LogP contribution in [-0.4, -0.2) is 4.98 Å². The lowest BCUT2D eigenvalue weighted by Gasteiger charge is -2.11. The van der Waals surface area contributed by atoms with Gasteiger partial charge in [0.2, 0.25) is 0 Å². The Bertz CT molecular complexity index is 332. The molecule has 0 radical (unpaired) electrons. The van der Waals surface area contributed by atoms with Crippen molar-refractivity contribution in [1.29, 1.82) is 0 Å². The van der Waals surface area contributed by atoms with Gasteiger partial charge in [-0.25, -0.2) is 4.98 Å². The van der Waals surface area contributed by atoms with E-state index in [-0.39, 0.29) is 16.9 Å². The zero-order chi connectivity index (χ0) is 10.2. The van der Waals surface area contributed by atoms with Gasteiger partial charge in [0, 0.05) is 5.56 Å². The van der Waals surface area contributed by atoms with Crippen LogP contribution in [0, 0.1) is 6.92 Å². The third kappa shape index (κ3) is 1.66. The summed E-state index contributed by atoms with van der Waals surface area (Å²) in [6.45, 7) is 1.24. The first-order valence-electron chi connectivity index (χ1n) is 3.41. The van der Waals surface area contributed by atoms with Gasteiger partial charge in [-0.1, -0.05) is 0 Å². The first-order valence-corrected chi connectivity index (χ1v) is 3.41. The molecular formula is C7H8F3N3. The van der Waals surface area contributed by atoms with Crippen molar-refractivity contribution in [2.45, 2.75) is 13.1 Å². The highest BCUT2D eigenvalue weighted by atomic mass is 19.4. The summed E-state index contributed by atoms with van der Waals surface area (Å²) in [7, 11) is 0. The van der Waals surface area contributed by atoms with E-state index in [1.807, 2.05) is 0 Å². The van der Waals surface area contributed by atoms with Gasteiger partial charge in [-0.3, -0.25) is 0 Å². The van der Waals surface area contributed by atoms with Crippen molar-refractivity contribution in [2.75, 3.05) is 11.5 Å². The minimum Gasteiger partial charge on any atom is -0.397 e. The topological polar surface area (TPSA) is 64.9 Å². The van der Waals surface area contributed by atoms with Gasteiger partial charge in [-0.2, -0.15) is 13.2 Å². The minimum absolute atomic E-state index is 0.0606. The number of anilines is 2. The highest BCUT2D eigenvalue weighted by Crippen LogP contribution is 2.33. The molecule has 0 aromatic carbocycles. The molecule has 0 amide bonds. The van der Waals surface area contributed by atoms with E-state index in [1.54, 1.807) is 0 Å². The van der Waals surface area contributed by atoms with E-state index < -0.39 is 11.9 Å². The minimum atomic E-state index is -4.48. The third-order valence-electron chi connectivity index (χ3n) is 1.67. The highest BCUT2D eigenvalue weighted by Gasteiger charge is 2.35. The molecule has 0 atom stereocenters. The van der Waals surface area contributed by atoms with Crippen molar-refractivity contribution < 1.29 is 13.2 Å². The molecule has 1 rings (SSSR count). The van der Waals surface area contributed by atoms with Crippen molar-refractivity contribution in [3.05, 3.63) is 17.5 Å². The van der Waals surface area contributed by atoms with Crippen LogP contribution in [0.25, 0.3) is 0 Å². The maximum Gasteiger partial charge on any atom is 0.433 e. The molecule has 0 saturated carbocycles. The van der Waals surface area contributed by atoms with Crippen LogP contribution in [0.4, 0.5) is 24.5 Å². The molecule has 0 fully saturated rings. The molecule has 0 aliphatic rings. The van der Waals surface area contributed by atoms with Crippen LogP contribution >= 0.6 is 0 Å². The van der Waals surface area contributed by atoms with Crippen molar-refractivity contribution in [1.82, 2.24) is 4.98 Å². The van der Waals surface area contributed by atoms with Crippen LogP contribution in [0.1, 0.15) is 11.3 Å². The summed E-state index contributed by atoms with van der Waals surface area (Å²) in [5, 5.41) is 0. The Hall–Kier alpha value is -1.46. The fourth-order valence-corrected chi connectivity index (χ4v) is 0.930. The smallest absolute Gasteiger partial charge is 0.397 e. The number of hydrogen-bond acceptors (Lipinski definition) is 3. The molecule has 1 heterocycles. The molecule has 3 nitrogen and oxygen atoms in total. The number of nitrogens with zero attached hydrogens (tertiary/aromatic N) is 1. The van der Waals surface area contributed by atoms with Crippen LogP contribution < -0.4 is 11.5 Å². The van der Waals surface area contributed by atoms with E-state index in [0.717, 1.165) is 6.20 Å². The van der Waals surface area contributed by atoms with Gasteiger partial charge in [0.05, 0.1) is 17.6 Å². The van der Waals surface area contributed by atoms with Gasteiger partial charge in [-0.15, -0.1) is 0 Å². The number of nitrogen functional groups attached to an aromatic ring is 2. The Kier molecular flexibility index (Phi) is 2.07. The van der Waals surface area contributed by atoms with Gasteiger partial charge in [0.25, 0.3) is 0 Å². The summed E-state index contributed by atoms with van der Waals surface area (Å²) >= 11 is 0. The second-order valence-corrected chi connectivity index (χ2v) is 2.60. The maximum absolute atomic E-state index is 12.2. The molecule has 0 unspecified atom stereocenters. The molecule has 72 valence electrons. The maximum atomic E-state index is 12.2. The molecule has 0 bridgehead atoms. The highest BCUT2D eigenvalue weighted by molar-refractivity contribution is 5.66. The monoisotopic (exact) mass is 191 g/mol. The Morgan fingerprint density at radius 3 is 2.31 bits per heavy atom. The van der Waals surface area contributed by atoms with E-state index in [4.69, 9.17) is 11.5 Å². The zero-order valence-electron chi connectivity index (χ0n) is 6.81. The molecule has 13 heavy (non-hydrogen) atoms. The number of pyridine rings is 1. The lowest BCUT2D eigenvalue weighted by atomic mass is 10.1. The average Bonchev–Trinajstić information content (AvgIpc) is 1.98. The predicted molar refractivity (Wildman–Crippen MR) is 42.8 cm³/mol. The molecule has 1 aromatic rings. The van der Waals surface area contributed by atoms with E-state index in [0.29, 0.717) is 0 Å². The molecule has 0 aliphatic heterocycles. The van der Waals surface area contributed by atoms with Crippen LogP contribution in [0.5, 0.6) is 0 Å². The summed E-state index contributed by atoms with van der Waals surface area (Å²) in [4.78, 5) is 3.18. The summed E-state index contributed by atoms with van der Waals surface area (Å²) in [6.07, 6.45) is -3.57. The van der Waals surface area contributed by atoms with Gasteiger partial charge < -0.3 is 11.5 Å². The van der Waals surface area contributed by atoms with E-state index in [1.165, 1.54) is 6.92 Å². The predicted octanol–water partition coefficient (Wildman–Crippen LogP) is 1.57. The van der Waals surface area contributed by atoms with Crippen LogP contribution in [0.15, 0.2) is 6.20 Å². The number of hydrogen-bond donors (Lipinski definition) is 2. The van der Waals surface area contributed by atoms with E-state index in [9.17, 15) is 13.2 Å². The largest absolute Gasteiger partial charge is 0.433 e. The number of rotatable bonds is 0. The van der Waals surface area contributed by atoms with Gasteiger partial charge in [0.1, 0.15) is 5.69 Å². The number of aromatic nitrogens is 1. The molecule has 0 spiro atoms. The van der Waals surface area contributed by atoms with E-state index >= 15 is 0 Å². The van der Waals surface area contributed by atoms with Gasteiger partial charge in [-0.05, 0) is 6.92 Å². The van der Waals surface area contributed by atoms with Crippen LogP contribution in [0.2, 0.25) is 0 Å². The summed E-state index contributed by atoms with van der Waals surface area (Å²) in [5.41, 5.74) is 9.47. The third-order valence-corrected chi connectivity index (χ3v) is 1.67. The second-order valence-electron chi connectivity index (χ2n) is 2.60. The van der Waals surface area contributed by atoms with Gasteiger partial charge in [0.15, 0.2) is 0 Å². The fourth-order valence-electron chi connectivity index (χ4n) is 0.930. The molecular weight excluding hydrogens is 183 g/mol. The Labute approximate surface area is 72.6 Å². The Morgan fingerprint density at radius 1 is 1.31 bits per heavy atom. The Balaban J connectivity index is 3.35. The molecule has 6 heteroatoms. The summed E-state index contributed by atoms with van der Waals surface area (Å²) in [6, 6.07) is 0. The van der Waals surface area contributed by atoms with Crippen molar-refractivity contribution in [3.63, 3.8) is 0 Å². The van der Waals surface area contributed by atoms with Gasteiger partial charge >= 0.3 is 6.18 Å². The second kappa shape index (κ2) is 2.79. The van der Waals surface area contributed by atoms with Crippen molar-refractivity contribution in [3.8, 4) is 0 Å². The van der Waals surface area contributed by atoms with Crippen molar-refractivity contribution in [2.24, 2.45) is 0 Å². The summed E-state index contributed by atoms with van der Waals surface area (Å²) in [5.74, 6) is 0. The first-order chi connectivity index (χ1) is 5.84. The lowest BCUT2D eigenvalue weighted by Crippen LogP contribution is -2.13. The summed E-state index contributed by atoms with van der Waals surface area (Å²) < 4.78 is 36.6. The fraction of sp³-hybridized carbons (Fsp3) is 0.286. The quantitative estimate of drug-likeness (QED) is 0.654. The average molecular weight is 191 g/mol. The number of halogens is 3. The van der Waals surface area contributed by atoms with Crippen molar-refractivity contribution >= 4 is 11.4 Å². The molecule has 4 N–H and O–H groups in total. The molecule has 1 aromatic heterocycles. The Morgan fingerprint density at radius 2 is 1.85 bits per heavy atom. The molecule has 0 aliphatic carbocycles. The van der Waals surface area contributed by atoms with E-state index in [2.05, 4.69) is 4.98 Å². The normalized spacial score (nSPS) is 11.7. The number of nitrogens with two attached hydrogens (primary N) is 2.